The van der Waals surface area contributed by atoms with E-state index in [9.17, 15) is 4.79 Å². The fraction of sp³-hybridized carbons (Fsp3) is 0.471. The van der Waals surface area contributed by atoms with E-state index in [0.29, 0.717) is 13.0 Å². The Hall–Kier alpha value is -1.85. The fourth-order valence-electron chi connectivity index (χ4n) is 2.76. The van der Waals surface area contributed by atoms with Crippen LogP contribution in [0.2, 0.25) is 0 Å². The molecule has 22 heavy (non-hydrogen) atoms. The highest BCUT2D eigenvalue weighted by Crippen LogP contribution is 2.19. The summed E-state index contributed by atoms with van der Waals surface area (Å²) in [4.78, 5) is 20.3. The molecular weight excluding hydrogens is 280 g/mol. The molecule has 2 aromatic rings. The lowest BCUT2D eigenvalue weighted by molar-refractivity contribution is -0.200. The summed E-state index contributed by atoms with van der Waals surface area (Å²) in [6, 6.07) is 8.21. The lowest BCUT2D eigenvalue weighted by atomic mass is 10.1. The standard InChI is InChI=1S/C17H22N2O3/c20-16(19-22-17-10-3-4-11-21-17)9-5-6-13-12-18-15-8-2-1-7-14(13)15/h1-2,7-8,12,17-18H,3-6,9-11H2,(H,19,20)/t17-/m1/s1. The van der Waals surface area contributed by atoms with Crippen LogP contribution >= 0.6 is 0 Å². The number of amides is 1. The van der Waals surface area contributed by atoms with E-state index in [0.717, 1.165) is 37.6 Å². The molecule has 0 spiro atoms. The van der Waals surface area contributed by atoms with Gasteiger partial charge in [0.2, 0.25) is 5.91 Å². The van der Waals surface area contributed by atoms with Crippen LogP contribution in [0, 0.1) is 0 Å². The van der Waals surface area contributed by atoms with Gasteiger partial charge in [-0.05, 0) is 37.3 Å². The maximum atomic E-state index is 11.8. The van der Waals surface area contributed by atoms with Crippen molar-refractivity contribution in [2.24, 2.45) is 0 Å². The molecule has 2 N–H and O–H groups in total. The van der Waals surface area contributed by atoms with Crippen LogP contribution in [0.3, 0.4) is 0 Å². The summed E-state index contributed by atoms with van der Waals surface area (Å²) in [5.41, 5.74) is 4.89. The van der Waals surface area contributed by atoms with Crippen LogP contribution in [0.5, 0.6) is 0 Å². The number of benzene rings is 1. The molecule has 1 aliphatic rings. The minimum absolute atomic E-state index is 0.0889. The summed E-state index contributed by atoms with van der Waals surface area (Å²) >= 11 is 0. The van der Waals surface area contributed by atoms with Crippen molar-refractivity contribution in [2.45, 2.75) is 44.8 Å². The van der Waals surface area contributed by atoms with Crippen LogP contribution in [0.15, 0.2) is 30.5 Å². The van der Waals surface area contributed by atoms with E-state index in [1.54, 1.807) is 0 Å². The molecule has 1 amide bonds. The number of hydrogen-bond donors (Lipinski definition) is 2. The van der Waals surface area contributed by atoms with Crippen molar-refractivity contribution in [3.8, 4) is 0 Å². The van der Waals surface area contributed by atoms with Crippen LogP contribution in [0.1, 0.15) is 37.7 Å². The van der Waals surface area contributed by atoms with E-state index in [1.165, 1.54) is 10.9 Å². The largest absolute Gasteiger partial charge is 0.361 e. The zero-order chi connectivity index (χ0) is 15.2. The highest BCUT2D eigenvalue weighted by Gasteiger charge is 2.15. The minimum atomic E-state index is -0.286. The van der Waals surface area contributed by atoms with E-state index in [4.69, 9.17) is 9.57 Å². The van der Waals surface area contributed by atoms with Crippen LogP contribution in [0.4, 0.5) is 0 Å². The van der Waals surface area contributed by atoms with Gasteiger partial charge in [-0.3, -0.25) is 4.79 Å². The van der Waals surface area contributed by atoms with Crippen molar-refractivity contribution in [3.63, 3.8) is 0 Å². The summed E-state index contributed by atoms with van der Waals surface area (Å²) in [5, 5.41) is 1.23. The first-order valence-electron chi connectivity index (χ1n) is 7.94. The molecule has 1 aromatic heterocycles. The number of H-pyrrole nitrogens is 1. The second-order valence-corrected chi connectivity index (χ2v) is 5.65. The average Bonchev–Trinajstić information content (AvgIpc) is 2.97. The van der Waals surface area contributed by atoms with Gasteiger partial charge in [0, 0.05) is 36.5 Å². The summed E-state index contributed by atoms with van der Waals surface area (Å²) in [6.07, 6.45) is 6.85. The molecule has 1 aromatic carbocycles. The van der Waals surface area contributed by atoms with Crippen molar-refractivity contribution in [3.05, 3.63) is 36.0 Å². The fourth-order valence-corrected chi connectivity index (χ4v) is 2.76. The smallest absolute Gasteiger partial charge is 0.243 e. The minimum Gasteiger partial charge on any atom is -0.361 e. The zero-order valence-corrected chi connectivity index (χ0v) is 12.6. The molecule has 1 atom stereocenters. The number of aromatic nitrogens is 1. The topological polar surface area (TPSA) is 63.4 Å². The van der Waals surface area contributed by atoms with Gasteiger partial charge >= 0.3 is 0 Å². The molecule has 0 saturated carbocycles. The number of carbonyl (C=O) groups excluding carboxylic acids is 1. The summed E-state index contributed by atoms with van der Waals surface area (Å²) < 4.78 is 5.40. The van der Waals surface area contributed by atoms with Gasteiger partial charge in [0.1, 0.15) is 0 Å². The number of fused-ring (bicyclic) bond motifs is 1. The Kier molecular flexibility index (Phi) is 5.08. The average molecular weight is 302 g/mol. The van der Waals surface area contributed by atoms with Crippen LogP contribution in [-0.4, -0.2) is 23.8 Å². The molecule has 1 fully saturated rings. The number of hydrogen-bond acceptors (Lipinski definition) is 3. The van der Waals surface area contributed by atoms with Crippen molar-refractivity contribution < 1.29 is 14.4 Å². The Balaban J connectivity index is 1.40. The monoisotopic (exact) mass is 302 g/mol. The third-order valence-corrected chi connectivity index (χ3v) is 3.97. The Morgan fingerprint density at radius 2 is 2.27 bits per heavy atom. The van der Waals surface area contributed by atoms with E-state index in [1.807, 2.05) is 18.3 Å². The van der Waals surface area contributed by atoms with Crippen LogP contribution in [-0.2, 0) is 20.8 Å². The lowest BCUT2D eigenvalue weighted by Crippen LogP contribution is -2.33. The molecule has 0 unspecified atom stereocenters. The van der Waals surface area contributed by atoms with Crippen molar-refractivity contribution in [2.75, 3.05) is 6.61 Å². The molecule has 3 rings (SSSR count). The van der Waals surface area contributed by atoms with Crippen molar-refractivity contribution >= 4 is 16.8 Å². The highest BCUT2D eigenvalue weighted by atomic mass is 16.8. The maximum absolute atomic E-state index is 11.8. The third kappa shape index (κ3) is 3.87. The molecule has 5 nitrogen and oxygen atoms in total. The van der Waals surface area contributed by atoms with Crippen molar-refractivity contribution in [1.29, 1.82) is 0 Å². The number of ether oxygens (including phenoxy) is 1. The Labute approximate surface area is 129 Å². The van der Waals surface area contributed by atoms with Gasteiger partial charge in [-0.1, -0.05) is 18.2 Å². The first kappa shape index (κ1) is 15.1. The predicted molar refractivity (Wildman–Crippen MR) is 84.1 cm³/mol. The zero-order valence-electron chi connectivity index (χ0n) is 12.6. The Bertz CT molecular complexity index is 617. The SMILES string of the molecule is O=C(CCCc1c[nH]c2ccccc12)NO[C@@H]1CCCCO1. The quantitative estimate of drug-likeness (QED) is 0.806. The lowest BCUT2D eigenvalue weighted by Gasteiger charge is -2.22. The molecule has 1 aliphatic heterocycles. The molecule has 5 heteroatoms. The number of carbonyl (C=O) groups is 1. The number of nitrogens with one attached hydrogen (secondary N) is 2. The molecular formula is C17H22N2O3. The third-order valence-electron chi connectivity index (χ3n) is 3.97. The second kappa shape index (κ2) is 7.42. The number of aryl methyl sites for hydroxylation is 1. The van der Waals surface area contributed by atoms with E-state index in [-0.39, 0.29) is 12.2 Å². The van der Waals surface area contributed by atoms with E-state index in [2.05, 4.69) is 22.6 Å². The number of para-hydroxylation sites is 1. The van der Waals surface area contributed by atoms with E-state index < -0.39 is 0 Å². The van der Waals surface area contributed by atoms with Gasteiger partial charge in [0.25, 0.3) is 0 Å². The van der Waals surface area contributed by atoms with Crippen LogP contribution in [0.25, 0.3) is 10.9 Å². The highest BCUT2D eigenvalue weighted by molar-refractivity contribution is 5.83. The van der Waals surface area contributed by atoms with Gasteiger partial charge in [-0.2, -0.15) is 0 Å². The van der Waals surface area contributed by atoms with Gasteiger partial charge in [0.15, 0.2) is 6.29 Å². The first-order valence-corrected chi connectivity index (χ1v) is 7.94. The maximum Gasteiger partial charge on any atom is 0.243 e. The number of hydroxylamine groups is 1. The summed E-state index contributed by atoms with van der Waals surface area (Å²) in [5.74, 6) is -0.0889. The van der Waals surface area contributed by atoms with Gasteiger partial charge in [0.05, 0.1) is 0 Å². The number of aromatic amines is 1. The number of rotatable bonds is 6. The predicted octanol–water partition coefficient (Wildman–Crippen LogP) is 3.07. The van der Waals surface area contributed by atoms with Crippen molar-refractivity contribution in [1.82, 2.24) is 10.5 Å². The van der Waals surface area contributed by atoms with Gasteiger partial charge in [-0.15, -0.1) is 0 Å². The molecule has 0 radical (unpaired) electrons. The van der Waals surface area contributed by atoms with Gasteiger partial charge in [-0.25, -0.2) is 10.3 Å². The molecule has 0 aliphatic carbocycles. The Morgan fingerprint density at radius 1 is 1.36 bits per heavy atom. The summed E-state index contributed by atoms with van der Waals surface area (Å²) in [7, 11) is 0. The molecule has 118 valence electrons. The summed E-state index contributed by atoms with van der Waals surface area (Å²) in [6.45, 7) is 0.709. The normalized spacial score (nSPS) is 18.5. The Morgan fingerprint density at radius 3 is 3.14 bits per heavy atom. The molecule has 0 bridgehead atoms. The van der Waals surface area contributed by atoms with Crippen LogP contribution < -0.4 is 5.48 Å². The van der Waals surface area contributed by atoms with E-state index >= 15 is 0 Å². The first-order chi connectivity index (χ1) is 10.8. The second-order valence-electron chi connectivity index (χ2n) is 5.65. The molecule has 1 saturated heterocycles. The molecule has 2 heterocycles. The van der Waals surface area contributed by atoms with Gasteiger partial charge < -0.3 is 9.72 Å².